The molecule has 0 aliphatic carbocycles. The molecule has 1 aliphatic heterocycles. The Balaban J connectivity index is 1.87. The Morgan fingerprint density at radius 2 is 1.95 bits per heavy atom. The second kappa shape index (κ2) is 6.68. The maximum Gasteiger partial charge on any atom is 0.253 e. The van der Waals surface area contributed by atoms with Crippen LogP contribution in [-0.2, 0) is 4.74 Å². The van der Waals surface area contributed by atoms with E-state index in [2.05, 4.69) is 0 Å². The molecule has 1 aromatic carbocycles. The highest BCUT2D eigenvalue weighted by atomic mass is 16.5. The molecule has 0 radical (unpaired) electrons. The van der Waals surface area contributed by atoms with Crippen molar-refractivity contribution >= 4 is 5.91 Å². The Bertz CT molecular complexity index is 409. The number of benzene rings is 1. The summed E-state index contributed by atoms with van der Waals surface area (Å²) in [6.07, 6.45) is 2.06. The van der Waals surface area contributed by atoms with E-state index in [-0.39, 0.29) is 12.0 Å². The van der Waals surface area contributed by atoms with Gasteiger partial charge in [0.05, 0.1) is 12.7 Å². The van der Waals surface area contributed by atoms with Crippen molar-refractivity contribution in [2.75, 3.05) is 26.2 Å². The molecule has 0 unspecified atom stereocenters. The van der Waals surface area contributed by atoms with Crippen LogP contribution in [0.3, 0.4) is 0 Å². The van der Waals surface area contributed by atoms with Crippen LogP contribution in [0.25, 0.3) is 0 Å². The Kier molecular flexibility index (Phi) is 4.93. The second-order valence-electron chi connectivity index (χ2n) is 5.02. The van der Waals surface area contributed by atoms with Crippen molar-refractivity contribution in [3.05, 3.63) is 35.4 Å². The molecule has 0 aromatic heterocycles. The van der Waals surface area contributed by atoms with E-state index in [1.54, 1.807) is 0 Å². The average Bonchev–Trinajstić information content (AvgIpc) is 2.46. The van der Waals surface area contributed by atoms with Gasteiger partial charge in [-0.25, -0.2) is 0 Å². The summed E-state index contributed by atoms with van der Waals surface area (Å²) < 4.78 is 5.62. The molecule has 1 aromatic rings. The molecule has 1 aliphatic rings. The minimum atomic E-state index is 0.122. The zero-order valence-electron chi connectivity index (χ0n) is 11.5. The van der Waals surface area contributed by atoms with Crippen LogP contribution < -0.4 is 5.73 Å². The van der Waals surface area contributed by atoms with Crippen molar-refractivity contribution in [2.24, 2.45) is 5.73 Å². The highest BCUT2D eigenvalue weighted by Crippen LogP contribution is 2.16. The van der Waals surface area contributed by atoms with Crippen LogP contribution in [0, 0.1) is 6.92 Å². The van der Waals surface area contributed by atoms with Gasteiger partial charge < -0.3 is 15.4 Å². The van der Waals surface area contributed by atoms with Crippen molar-refractivity contribution in [3.63, 3.8) is 0 Å². The van der Waals surface area contributed by atoms with Gasteiger partial charge in [-0.1, -0.05) is 17.7 Å². The van der Waals surface area contributed by atoms with E-state index in [4.69, 9.17) is 10.5 Å². The van der Waals surface area contributed by atoms with Crippen LogP contribution >= 0.6 is 0 Å². The largest absolute Gasteiger partial charge is 0.377 e. The molecule has 2 rings (SSSR count). The number of aryl methyl sites for hydroxylation is 1. The van der Waals surface area contributed by atoms with Crippen molar-refractivity contribution in [3.8, 4) is 0 Å². The highest BCUT2D eigenvalue weighted by Gasteiger charge is 2.23. The van der Waals surface area contributed by atoms with E-state index < -0.39 is 0 Å². The van der Waals surface area contributed by atoms with Gasteiger partial charge in [0.2, 0.25) is 0 Å². The van der Waals surface area contributed by atoms with Gasteiger partial charge in [-0.3, -0.25) is 4.79 Å². The number of carbonyl (C=O) groups excluding carboxylic acids is 1. The quantitative estimate of drug-likeness (QED) is 0.896. The van der Waals surface area contributed by atoms with Gasteiger partial charge in [0.25, 0.3) is 5.91 Å². The third-order valence-corrected chi connectivity index (χ3v) is 3.50. The lowest BCUT2D eigenvalue weighted by atomic mass is 10.1. The number of nitrogens with zero attached hydrogens (tertiary/aromatic N) is 1. The van der Waals surface area contributed by atoms with Crippen LogP contribution in [0.1, 0.15) is 28.8 Å². The topological polar surface area (TPSA) is 55.6 Å². The maximum atomic E-state index is 12.3. The molecule has 4 nitrogen and oxygen atoms in total. The summed E-state index contributed by atoms with van der Waals surface area (Å²) in [7, 11) is 0. The van der Waals surface area contributed by atoms with Gasteiger partial charge in [-0.05, 0) is 31.9 Å². The highest BCUT2D eigenvalue weighted by molar-refractivity contribution is 5.94. The summed E-state index contributed by atoms with van der Waals surface area (Å²) in [5.41, 5.74) is 7.36. The van der Waals surface area contributed by atoms with Crippen molar-refractivity contribution < 1.29 is 9.53 Å². The summed E-state index contributed by atoms with van der Waals surface area (Å²) in [6, 6.07) is 7.75. The first kappa shape index (κ1) is 14.0. The summed E-state index contributed by atoms with van der Waals surface area (Å²) in [5.74, 6) is 0.122. The number of rotatable bonds is 4. The van der Waals surface area contributed by atoms with Crippen LogP contribution in [0.2, 0.25) is 0 Å². The third kappa shape index (κ3) is 3.78. The molecule has 1 heterocycles. The van der Waals surface area contributed by atoms with Gasteiger partial charge in [-0.15, -0.1) is 0 Å². The standard InChI is InChI=1S/C15H22N2O2/c1-12-2-4-13(5-3-12)15(18)17-9-6-14(7-10-17)19-11-8-16/h2-5,14H,6-11,16H2,1H3. The molecule has 0 atom stereocenters. The van der Waals surface area contributed by atoms with E-state index in [9.17, 15) is 4.79 Å². The van der Waals surface area contributed by atoms with Crippen molar-refractivity contribution in [1.82, 2.24) is 4.90 Å². The molecule has 0 saturated carbocycles. The number of piperidine rings is 1. The third-order valence-electron chi connectivity index (χ3n) is 3.50. The number of hydrogen-bond acceptors (Lipinski definition) is 3. The number of likely N-dealkylation sites (tertiary alicyclic amines) is 1. The number of carbonyl (C=O) groups is 1. The minimum Gasteiger partial charge on any atom is -0.377 e. The lowest BCUT2D eigenvalue weighted by molar-refractivity contribution is 0.0122. The smallest absolute Gasteiger partial charge is 0.253 e. The van der Waals surface area contributed by atoms with E-state index in [1.165, 1.54) is 5.56 Å². The fourth-order valence-electron chi connectivity index (χ4n) is 2.34. The molecule has 1 saturated heterocycles. The van der Waals surface area contributed by atoms with E-state index in [1.807, 2.05) is 36.1 Å². The Labute approximate surface area is 114 Å². The van der Waals surface area contributed by atoms with Crippen LogP contribution in [0.5, 0.6) is 0 Å². The monoisotopic (exact) mass is 262 g/mol. The molecule has 0 bridgehead atoms. The Morgan fingerprint density at radius 1 is 1.32 bits per heavy atom. The summed E-state index contributed by atoms with van der Waals surface area (Å²) >= 11 is 0. The first-order valence-corrected chi connectivity index (χ1v) is 6.88. The Hall–Kier alpha value is -1.39. The van der Waals surface area contributed by atoms with Gasteiger partial charge in [-0.2, -0.15) is 0 Å². The predicted molar refractivity (Wildman–Crippen MR) is 75.1 cm³/mol. The van der Waals surface area contributed by atoms with Crippen molar-refractivity contribution in [1.29, 1.82) is 0 Å². The first-order chi connectivity index (χ1) is 9.20. The molecule has 19 heavy (non-hydrogen) atoms. The number of hydrogen-bond donors (Lipinski definition) is 1. The molecule has 0 spiro atoms. The van der Waals surface area contributed by atoms with Gasteiger partial charge >= 0.3 is 0 Å². The first-order valence-electron chi connectivity index (χ1n) is 6.88. The lowest BCUT2D eigenvalue weighted by Crippen LogP contribution is -2.41. The van der Waals surface area contributed by atoms with Crippen LogP contribution in [0.15, 0.2) is 24.3 Å². The molecular formula is C15H22N2O2. The van der Waals surface area contributed by atoms with E-state index in [0.29, 0.717) is 13.2 Å². The maximum absolute atomic E-state index is 12.3. The zero-order chi connectivity index (χ0) is 13.7. The molecule has 2 N–H and O–H groups in total. The molecule has 4 heteroatoms. The van der Waals surface area contributed by atoms with Crippen molar-refractivity contribution in [2.45, 2.75) is 25.9 Å². The number of amides is 1. The van der Waals surface area contributed by atoms with Gasteiger partial charge in [0.1, 0.15) is 0 Å². The second-order valence-corrected chi connectivity index (χ2v) is 5.02. The fraction of sp³-hybridized carbons (Fsp3) is 0.533. The molecule has 104 valence electrons. The van der Waals surface area contributed by atoms with E-state index >= 15 is 0 Å². The minimum absolute atomic E-state index is 0.122. The number of nitrogens with two attached hydrogens (primary N) is 1. The van der Waals surface area contributed by atoms with E-state index in [0.717, 1.165) is 31.5 Å². The SMILES string of the molecule is Cc1ccc(C(=O)N2CCC(OCCN)CC2)cc1. The normalized spacial score (nSPS) is 16.6. The lowest BCUT2D eigenvalue weighted by Gasteiger charge is -2.32. The van der Waals surface area contributed by atoms with Gasteiger partial charge in [0.15, 0.2) is 0 Å². The molecule has 1 amide bonds. The zero-order valence-corrected chi connectivity index (χ0v) is 11.5. The Morgan fingerprint density at radius 3 is 2.53 bits per heavy atom. The number of ether oxygens (including phenoxy) is 1. The summed E-state index contributed by atoms with van der Waals surface area (Å²) in [5, 5.41) is 0. The average molecular weight is 262 g/mol. The van der Waals surface area contributed by atoms with Crippen LogP contribution in [0.4, 0.5) is 0 Å². The molecular weight excluding hydrogens is 240 g/mol. The molecule has 1 fully saturated rings. The van der Waals surface area contributed by atoms with Gasteiger partial charge in [0, 0.05) is 25.2 Å². The van der Waals surface area contributed by atoms with Crippen LogP contribution in [-0.4, -0.2) is 43.2 Å². The fourth-order valence-corrected chi connectivity index (χ4v) is 2.34. The summed E-state index contributed by atoms with van der Waals surface area (Å²) in [6.45, 7) is 4.72. The predicted octanol–water partition coefficient (Wildman–Crippen LogP) is 1.57. The summed E-state index contributed by atoms with van der Waals surface area (Å²) in [4.78, 5) is 14.2.